The summed E-state index contributed by atoms with van der Waals surface area (Å²) in [5.74, 6) is -0.0632. The summed E-state index contributed by atoms with van der Waals surface area (Å²) in [6, 6.07) is -0.505. The summed E-state index contributed by atoms with van der Waals surface area (Å²) in [7, 11) is 0. The molecular weight excluding hydrogens is 132 g/mol. The molecule has 10 heavy (non-hydrogen) atoms. The number of hydrogen-bond acceptors (Lipinski definition) is 2. The largest absolute Gasteiger partial charge is 0.343 e. The van der Waals surface area contributed by atoms with Crippen LogP contribution in [0.15, 0.2) is 0 Å². The molecule has 0 radical (unpaired) electrons. The number of rotatable bonds is 0. The van der Waals surface area contributed by atoms with Gasteiger partial charge in [-0.1, -0.05) is 0 Å². The predicted octanol–water partition coefficient (Wildman–Crippen LogP) is -1.24. The normalized spacial score (nSPS) is 37.2. The van der Waals surface area contributed by atoms with Crippen LogP contribution >= 0.6 is 0 Å². The Labute approximate surface area is 58.0 Å². The third-order valence-electron chi connectivity index (χ3n) is 2.01. The van der Waals surface area contributed by atoms with E-state index in [0.29, 0.717) is 0 Å². The van der Waals surface area contributed by atoms with Crippen molar-refractivity contribution in [1.29, 1.82) is 0 Å². The summed E-state index contributed by atoms with van der Waals surface area (Å²) in [5, 5.41) is 5.23. The third-order valence-corrected chi connectivity index (χ3v) is 2.01. The van der Waals surface area contributed by atoms with E-state index in [4.69, 9.17) is 0 Å². The molecule has 0 aliphatic carbocycles. The Kier molecular flexibility index (Phi) is 0.977. The van der Waals surface area contributed by atoms with E-state index >= 15 is 0 Å². The SMILES string of the molecule is O=C1N[C@H]2CC[C@@H]1NC2=O. The molecule has 3 rings (SSSR count). The van der Waals surface area contributed by atoms with Crippen LogP contribution < -0.4 is 10.6 Å². The topological polar surface area (TPSA) is 58.2 Å². The van der Waals surface area contributed by atoms with E-state index in [1.165, 1.54) is 0 Å². The van der Waals surface area contributed by atoms with Crippen LogP contribution in [-0.4, -0.2) is 23.9 Å². The molecule has 0 aromatic heterocycles. The van der Waals surface area contributed by atoms with Crippen LogP contribution in [0, 0.1) is 0 Å². The van der Waals surface area contributed by atoms with Gasteiger partial charge in [-0.2, -0.15) is 0 Å². The highest BCUT2D eigenvalue weighted by Crippen LogP contribution is 2.14. The molecule has 3 heterocycles. The minimum Gasteiger partial charge on any atom is -0.343 e. The minimum absolute atomic E-state index is 0.0316. The Hall–Kier alpha value is -1.06. The monoisotopic (exact) mass is 140 g/mol. The second-order valence-electron chi connectivity index (χ2n) is 2.70. The number of carbonyl (C=O) groups is 2. The van der Waals surface area contributed by atoms with E-state index in [9.17, 15) is 9.59 Å². The zero-order chi connectivity index (χ0) is 7.14. The van der Waals surface area contributed by atoms with E-state index in [0.717, 1.165) is 12.8 Å². The lowest BCUT2D eigenvalue weighted by molar-refractivity contribution is -0.140. The fraction of sp³-hybridized carbons (Fsp3) is 0.667. The molecule has 4 heteroatoms. The highest BCUT2D eigenvalue weighted by Gasteiger charge is 2.38. The first-order chi connectivity index (χ1) is 4.77. The van der Waals surface area contributed by atoms with Crippen LogP contribution in [0.3, 0.4) is 0 Å². The van der Waals surface area contributed by atoms with Gasteiger partial charge in [0.25, 0.3) is 0 Å². The van der Waals surface area contributed by atoms with Crippen molar-refractivity contribution in [2.75, 3.05) is 0 Å². The molecule has 3 aliphatic rings. The summed E-state index contributed by atoms with van der Waals surface area (Å²) in [4.78, 5) is 21.8. The van der Waals surface area contributed by atoms with Gasteiger partial charge in [-0.15, -0.1) is 0 Å². The average Bonchev–Trinajstić information content (AvgIpc) is 1.91. The molecule has 0 spiro atoms. The lowest BCUT2D eigenvalue weighted by atomic mass is 9.94. The molecule has 4 nitrogen and oxygen atoms in total. The number of amides is 2. The Morgan fingerprint density at radius 3 is 1.60 bits per heavy atom. The number of carbonyl (C=O) groups excluding carboxylic acids is 2. The number of nitrogens with one attached hydrogen (secondary N) is 2. The van der Waals surface area contributed by atoms with E-state index < -0.39 is 0 Å². The Balaban J connectivity index is 2.23. The van der Waals surface area contributed by atoms with Crippen molar-refractivity contribution in [2.45, 2.75) is 24.9 Å². The molecule has 0 aromatic rings. The van der Waals surface area contributed by atoms with Gasteiger partial charge in [0, 0.05) is 0 Å². The van der Waals surface area contributed by atoms with E-state index in [1.54, 1.807) is 0 Å². The number of hydrogen-bond donors (Lipinski definition) is 2. The van der Waals surface area contributed by atoms with Gasteiger partial charge in [-0.3, -0.25) is 9.59 Å². The molecule has 2 amide bonds. The van der Waals surface area contributed by atoms with Crippen LogP contribution in [-0.2, 0) is 9.59 Å². The van der Waals surface area contributed by atoms with Gasteiger partial charge in [0.05, 0.1) is 0 Å². The van der Waals surface area contributed by atoms with Gasteiger partial charge in [0.2, 0.25) is 11.8 Å². The van der Waals surface area contributed by atoms with Crippen molar-refractivity contribution in [3.63, 3.8) is 0 Å². The first-order valence-corrected chi connectivity index (χ1v) is 3.38. The molecule has 3 saturated heterocycles. The Morgan fingerprint density at radius 1 is 1.00 bits per heavy atom. The maximum atomic E-state index is 10.9. The summed E-state index contributed by atoms with van der Waals surface area (Å²) >= 11 is 0. The van der Waals surface area contributed by atoms with Crippen molar-refractivity contribution in [2.24, 2.45) is 0 Å². The Morgan fingerprint density at radius 2 is 1.40 bits per heavy atom. The molecular formula is C6H8N2O2. The lowest BCUT2D eigenvalue weighted by Gasteiger charge is -2.35. The fourth-order valence-corrected chi connectivity index (χ4v) is 1.42. The van der Waals surface area contributed by atoms with Gasteiger partial charge < -0.3 is 10.6 Å². The molecule has 0 saturated carbocycles. The minimum atomic E-state index is -0.252. The molecule has 3 fully saturated rings. The van der Waals surface area contributed by atoms with Gasteiger partial charge in [-0.05, 0) is 12.8 Å². The summed E-state index contributed by atoms with van der Waals surface area (Å²) < 4.78 is 0. The van der Waals surface area contributed by atoms with Crippen LogP contribution in [0.5, 0.6) is 0 Å². The van der Waals surface area contributed by atoms with Gasteiger partial charge in [0.15, 0.2) is 0 Å². The fourth-order valence-electron chi connectivity index (χ4n) is 1.42. The Bertz CT molecular complexity index is 180. The average molecular weight is 140 g/mol. The first-order valence-electron chi connectivity index (χ1n) is 3.38. The second-order valence-corrected chi connectivity index (χ2v) is 2.70. The third kappa shape index (κ3) is 0.616. The number of piperazine rings is 1. The standard InChI is InChI=1S/C6H8N2O2/c9-5-3-1-2-4(8-5)6(10)7-3/h3-4H,1-2H2,(H,7,10)(H,8,9)/t3-,4-/m0/s1. The van der Waals surface area contributed by atoms with E-state index in [2.05, 4.69) is 10.6 Å². The van der Waals surface area contributed by atoms with Crippen molar-refractivity contribution in [3.8, 4) is 0 Å². The maximum Gasteiger partial charge on any atom is 0.243 e. The van der Waals surface area contributed by atoms with E-state index in [-0.39, 0.29) is 23.9 Å². The molecule has 3 aliphatic heterocycles. The predicted molar refractivity (Wildman–Crippen MR) is 33.1 cm³/mol. The van der Waals surface area contributed by atoms with Crippen LogP contribution in [0.4, 0.5) is 0 Å². The molecule has 2 atom stereocenters. The van der Waals surface area contributed by atoms with Crippen LogP contribution in [0.25, 0.3) is 0 Å². The molecule has 0 unspecified atom stereocenters. The molecule has 0 aromatic carbocycles. The quantitative estimate of drug-likeness (QED) is 0.442. The smallest absolute Gasteiger partial charge is 0.243 e. The molecule has 54 valence electrons. The van der Waals surface area contributed by atoms with Crippen molar-refractivity contribution >= 4 is 11.8 Å². The summed E-state index contributed by atoms with van der Waals surface area (Å²) in [6.45, 7) is 0. The zero-order valence-corrected chi connectivity index (χ0v) is 5.39. The molecule has 2 N–H and O–H groups in total. The molecule has 2 bridgehead atoms. The van der Waals surface area contributed by atoms with Crippen molar-refractivity contribution < 1.29 is 9.59 Å². The van der Waals surface area contributed by atoms with Gasteiger partial charge >= 0.3 is 0 Å². The highest BCUT2D eigenvalue weighted by molar-refractivity contribution is 5.98. The first kappa shape index (κ1) is 5.70. The zero-order valence-electron chi connectivity index (χ0n) is 5.39. The number of piperidine rings is 2. The maximum absolute atomic E-state index is 10.9. The van der Waals surface area contributed by atoms with Crippen molar-refractivity contribution in [1.82, 2.24) is 10.6 Å². The lowest BCUT2D eigenvalue weighted by Crippen LogP contribution is -2.65. The van der Waals surface area contributed by atoms with Gasteiger partial charge in [0.1, 0.15) is 12.1 Å². The summed E-state index contributed by atoms with van der Waals surface area (Å²) in [6.07, 6.45) is 1.59. The summed E-state index contributed by atoms with van der Waals surface area (Å²) in [5.41, 5.74) is 0. The second kappa shape index (κ2) is 1.71. The van der Waals surface area contributed by atoms with Crippen LogP contribution in [0.2, 0.25) is 0 Å². The van der Waals surface area contributed by atoms with Crippen molar-refractivity contribution in [3.05, 3.63) is 0 Å². The van der Waals surface area contributed by atoms with Gasteiger partial charge in [-0.25, -0.2) is 0 Å². The number of fused-ring (bicyclic) bond motifs is 3. The van der Waals surface area contributed by atoms with Crippen LogP contribution in [0.1, 0.15) is 12.8 Å². The van der Waals surface area contributed by atoms with E-state index in [1.807, 2.05) is 0 Å². The highest BCUT2D eigenvalue weighted by atomic mass is 16.2.